The monoisotopic (exact) mass is 337 g/mol. The zero-order valence-electron chi connectivity index (χ0n) is 11.9. The van der Waals surface area contributed by atoms with E-state index in [1.807, 2.05) is 18.2 Å². The van der Waals surface area contributed by atoms with E-state index in [9.17, 15) is 9.59 Å². The van der Waals surface area contributed by atoms with Crippen molar-refractivity contribution in [2.75, 3.05) is 0 Å². The summed E-state index contributed by atoms with van der Waals surface area (Å²) in [7, 11) is 0. The second-order valence-corrected chi connectivity index (χ2v) is 6.34. The van der Waals surface area contributed by atoms with Gasteiger partial charge in [0, 0.05) is 12.3 Å². The summed E-state index contributed by atoms with van der Waals surface area (Å²) in [4.78, 5) is 24.2. The Morgan fingerprint density at radius 3 is 2.35 bits per heavy atom. The summed E-state index contributed by atoms with van der Waals surface area (Å²) in [6, 6.07) is 7.32. The average molecular weight is 338 g/mol. The fourth-order valence-corrected chi connectivity index (χ4v) is 2.80. The number of para-hydroxylation sites is 1. The normalized spacial score (nSPS) is 11.7. The predicted molar refractivity (Wildman–Crippen MR) is 81.3 cm³/mol. The number of Topliss-reactive ketones (excluding diaryl/α,β-unsaturated/α-hetero) is 1. The number of aromatic nitrogens is 1. The van der Waals surface area contributed by atoms with Crippen LogP contribution in [0.2, 0.25) is 0 Å². The molecule has 5 heteroatoms. The van der Waals surface area contributed by atoms with E-state index in [0.717, 1.165) is 5.39 Å². The van der Waals surface area contributed by atoms with Crippen LogP contribution in [0.5, 0.6) is 0 Å². The van der Waals surface area contributed by atoms with Gasteiger partial charge in [0.2, 0.25) is 0 Å². The van der Waals surface area contributed by atoms with Crippen molar-refractivity contribution in [3.63, 3.8) is 0 Å². The second kappa shape index (κ2) is 5.05. The van der Waals surface area contributed by atoms with Crippen LogP contribution in [-0.2, 0) is 4.74 Å². The molecule has 1 heterocycles. The van der Waals surface area contributed by atoms with Gasteiger partial charge in [-0.2, -0.15) is 0 Å². The highest BCUT2D eigenvalue weighted by molar-refractivity contribution is 9.10. The van der Waals surface area contributed by atoms with Crippen molar-refractivity contribution < 1.29 is 14.3 Å². The molecule has 1 aromatic heterocycles. The Kier molecular flexibility index (Phi) is 3.73. The Morgan fingerprint density at radius 1 is 1.20 bits per heavy atom. The summed E-state index contributed by atoms with van der Waals surface area (Å²) in [6.45, 7) is 6.80. The maximum atomic E-state index is 12.4. The summed E-state index contributed by atoms with van der Waals surface area (Å²) in [6.07, 6.45) is -0.551. The summed E-state index contributed by atoms with van der Waals surface area (Å²) < 4.78 is 7.33. The van der Waals surface area contributed by atoms with Gasteiger partial charge in [-0.1, -0.05) is 18.2 Å². The van der Waals surface area contributed by atoms with Crippen LogP contribution in [0.3, 0.4) is 0 Å². The first-order valence-electron chi connectivity index (χ1n) is 6.25. The molecule has 2 aromatic rings. The highest BCUT2D eigenvalue weighted by Crippen LogP contribution is 2.32. The van der Waals surface area contributed by atoms with Crippen LogP contribution in [0, 0.1) is 0 Å². The minimum Gasteiger partial charge on any atom is -0.443 e. The minimum absolute atomic E-state index is 0.195. The topological polar surface area (TPSA) is 48.3 Å². The number of rotatable bonds is 1. The van der Waals surface area contributed by atoms with Gasteiger partial charge in [0.1, 0.15) is 11.3 Å². The van der Waals surface area contributed by atoms with Gasteiger partial charge < -0.3 is 4.74 Å². The molecule has 0 aliphatic carbocycles. The highest BCUT2D eigenvalue weighted by Gasteiger charge is 2.26. The van der Waals surface area contributed by atoms with Gasteiger partial charge >= 0.3 is 6.09 Å². The lowest BCUT2D eigenvalue weighted by Gasteiger charge is -2.20. The number of ether oxygens (including phenoxy) is 1. The van der Waals surface area contributed by atoms with E-state index in [1.54, 1.807) is 26.8 Å². The summed E-state index contributed by atoms with van der Waals surface area (Å²) in [5.74, 6) is -0.195. The molecule has 20 heavy (non-hydrogen) atoms. The first-order valence-corrected chi connectivity index (χ1v) is 7.05. The summed E-state index contributed by atoms with van der Waals surface area (Å²) >= 11 is 3.40. The van der Waals surface area contributed by atoms with E-state index in [2.05, 4.69) is 15.9 Å². The SMILES string of the molecule is CC(=O)c1c(Br)c2ccccc2n1C(=O)OC(C)(C)C. The molecule has 0 atom stereocenters. The number of benzene rings is 1. The van der Waals surface area contributed by atoms with Crippen molar-refractivity contribution in [3.05, 3.63) is 34.4 Å². The van der Waals surface area contributed by atoms with Crippen LogP contribution in [0.1, 0.15) is 38.2 Å². The lowest BCUT2D eigenvalue weighted by Crippen LogP contribution is -2.28. The van der Waals surface area contributed by atoms with Gasteiger partial charge in [-0.25, -0.2) is 9.36 Å². The first kappa shape index (κ1) is 14.8. The van der Waals surface area contributed by atoms with Crippen molar-refractivity contribution >= 4 is 38.7 Å². The van der Waals surface area contributed by atoms with Crippen molar-refractivity contribution in [2.24, 2.45) is 0 Å². The lowest BCUT2D eigenvalue weighted by molar-refractivity contribution is 0.0536. The van der Waals surface area contributed by atoms with Crippen molar-refractivity contribution in [1.82, 2.24) is 4.57 Å². The molecule has 0 spiro atoms. The molecular formula is C15H16BrNO3. The Balaban J connectivity index is 2.70. The molecule has 0 radical (unpaired) electrons. The zero-order valence-corrected chi connectivity index (χ0v) is 13.4. The van der Waals surface area contributed by atoms with Crippen LogP contribution in [0.15, 0.2) is 28.7 Å². The number of fused-ring (bicyclic) bond motifs is 1. The van der Waals surface area contributed by atoms with Crippen LogP contribution >= 0.6 is 15.9 Å². The minimum atomic E-state index is -0.622. The van der Waals surface area contributed by atoms with E-state index >= 15 is 0 Å². The molecule has 0 aliphatic heterocycles. The summed E-state index contributed by atoms with van der Waals surface area (Å²) in [5.41, 5.74) is 0.336. The molecule has 0 fully saturated rings. The third kappa shape index (κ3) is 2.63. The van der Waals surface area contributed by atoms with Gasteiger partial charge in [0.05, 0.1) is 9.99 Å². The van der Waals surface area contributed by atoms with E-state index < -0.39 is 11.7 Å². The quantitative estimate of drug-likeness (QED) is 0.725. The Morgan fingerprint density at radius 2 is 1.80 bits per heavy atom. The number of nitrogens with zero attached hydrogens (tertiary/aromatic N) is 1. The molecule has 0 unspecified atom stereocenters. The lowest BCUT2D eigenvalue weighted by atomic mass is 10.2. The third-order valence-electron chi connectivity index (χ3n) is 2.72. The van der Waals surface area contributed by atoms with Gasteiger partial charge in [-0.3, -0.25) is 4.79 Å². The van der Waals surface area contributed by atoms with Gasteiger partial charge in [0.15, 0.2) is 5.78 Å². The molecule has 1 aromatic carbocycles. The third-order valence-corrected chi connectivity index (χ3v) is 3.53. The van der Waals surface area contributed by atoms with Crippen LogP contribution in [0.4, 0.5) is 4.79 Å². The molecule has 0 amide bonds. The fraction of sp³-hybridized carbons (Fsp3) is 0.333. The van der Waals surface area contributed by atoms with Crippen molar-refractivity contribution in [3.8, 4) is 0 Å². The van der Waals surface area contributed by atoms with E-state index in [0.29, 0.717) is 15.7 Å². The van der Waals surface area contributed by atoms with Crippen molar-refractivity contribution in [2.45, 2.75) is 33.3 Å². The van der Waals surface area contributed by atoms with Crippen LogP contribution in [0.25, 0.3) is 10.9 Å². The molecule has 0 aliphatic rings. The molecule has 4 nitrogen and oxygen atoms in total. The molecule has 0 saturated heterocycles. The van der Waals surface area contributed by atoms with E-state index in [1.165, 1.54) is 11.5 Å². The fourth-order valence-electron chi connectivity index (χ4n) is 2.01. The van der Waals surface area contributed by atoms with Crippen LogP contribution in [-0.4, -0.2) is 22.0 Å². The average Bonchev–Trinajstić information content (AvgIpc) is 2.61. The number of carbonyl (C=O) groups excluding carboxylic acids is 2. The molecule has 2 rings (SSSR count). The number of carbonyl (C=O) groups is 2. The Bertz CT molecular complexity index is 695. The second-order valence-electron chi connectivity index (χ2n) is 5.55. The number of ketones is 1. The van der Waals surface area contributed by atoms with Gasteiger partial charge in [-0.05, 0) is 42.8 Å². The molecule has 106 valence electrons. The molecule has 0 saturated carbocycles. The maximum Gasteiger partial charge on any atom is 0.419 e. The van der Waals surface area contributed by atoms with Gasteiger partial charge in [0.25, 0.3) is 0 Å². The van der Waals surface area contributed by atoms with E-state index in [4.69, 9.17) is 4.74 Å². The Hall–Kier alpha value is -1.62. The largest absolute Gasteiger partial charge is 0.443 e. The first-order chi connectivity index (χ1) is 9.22. The smallest absolute Gasteiger partial charge is 0.419 e. The number of halogens is 1. The zero-order chi connectivity index (χ0) is 15.1. The summed E-state index contributed by atoms with van der Waals surface area (Å²) in [5, 5.41) is 0.809. The Labute approximate surface area is 125 Å². The standard InChI is InChI=1S/C15H16BrNO3/c1-9(18)13-12(16)10-7-5-6-8-11(10)17(13)14(19)20-15(2,3)4/h5-8H,1-4H3. The predicted octanol–water partition coefficient (Wildman–Crippen LogP) is 4.39. The van der Waals surface area contributed by atoms with Gasteiger partial charge in [-0.15, -0.1) is 0 Å². The maximum absolute atomic E-state index is 12.4. The van der Waals surface area contributed by atoms with Crippen LogP contribution < -0.4 is 0 Å². The number of hydrogen-bond donors (Lipinski definition) is 0. The molecule has 0 bridgehead atoms. The number of hydrogen-bond acceptors (Lipinski definition) is 3. The van der Waals surface area contributed by atoms with Crippen molar-refractivity contribution in [1.29, 1.82) is 0 Å². The van der Waals surface area contributed by atoms with E-state index in [-0.39, 0.29) is 5.78 Å². The molecular weight excluding hydrogens is 322 g/mol. The molecule has 0 N–H and O–H groups in total. The highest BCUT2D eigenvalue weighted by atomic mass is 79.9.